The van der Waals surface area contributed by atoms with Crippen molar-refractivity contribution in [3.63, 3.8) is 0 Å². The van der Waals surface area contributed by atoms with Crippen LogP contribution in [0, 0.1) is 5.92 Å². The fourth-order valence-electron chi connectivity index (χ4n) is 0.310. The van der Waals surface area contributed by atoms with Crippen LogP contribution in [-0.4, -0.2) is 5.24 Å². The standard InChI is InChI=1S/C4H5ClO.2C2H6/c5-4(6)3-1-2-3;2*1-2/h3H,1-2H2;2*1-2H3. The Morgan fingerprint density at radius 2 is 1.50 bits per heavy atom. The Labute approximate surface area is 68.8 Å². The van der Waals surface area contributed by atoms with Crippen LogP contribution in [0.3, 0.4) is 0 Å². The van der Waals surface area contributed by atoms with Crippen molar-refractivity contribution in [1.29, 1.82) is 0 Å². The molecule has 10 heavy (non-hydrogen) atoms. The minimum absolute atomic E-state index is 0.157. The number of rotatable bonds is 1. The molecule has 1 aliphatic rings. The van der Waals surface area contributed by atoms with E-state index in [-0.39, 0.29) is 11.2 Å². The lowest BCUT2D eigenvalue weighted by Crippen LogP contribution is -1.83. The second kappa shape index (κ2) is 8.96. The highest BCUT2D eigenvalue weighted by molar-refractivity contribution is 6.64. The van der Waals surface area contributed by atoms with Crippen LogP contribution in [0.2, 0.25) is 0 Å². The summed E-state index contributed by atoms with van der Waals surface area (Å²) >= 11 is 5.04. The van der Waals surface area contributed by atoms with Crippen molar-refractivity contribution >= 4 is 16.8 Å². The van der Waals surface area contributed by atoms with Gasteiger partial charge in [0.25, 0.3) is 0 Å². The molecule has 1 rings (SSSR count). The summed E-state index contributed by atoms with van der Waals surface area (Å²) in [6.07, 6.45) is 2.03. The molecule has 0 aliphatic heterocycles. The molecule has 0 aromatic heterocycles. The summed E-state index contributed by atoms with van der Waals surface area (Å²) in [7, 11) is 0. The maximum Gasteiger partial charge on any atom is 0.224 e. The average molecular weight is 165 g/mol. The fourth-order valence-corrected chi connectivity index (χ4v) is 0.529. The van der Waals surface area contributed by atoms with E-state index in [0.717, 1.165) is 12.8 Å². The van der Waals surface area contributed by atoms with Crippen molar-refractivity contribution in [2.75, 3.05) is 0 Å². The largest absolute Gasteiger partial charge is 0.281 e. The summed E-state index contributed by atoms with van der Waals surface area (Å²) in [5, 5.41) is -0.157. The van der Waals surface area contributed by atoms with Crippen molar-refractivity contribution in [1.82, 2.24) is 0 Å². The van der Waals surface area contributed by atoms with Crippen LogP contribution in [0.5, 0.6) is 0 Å². The van der Waals surface area contributed by atoms with E-state index in [0.29, 0.717) is 0 Å². The molecule has 1 aliphatic carbocycles. The smallest absolute Gasteiger partial charge is 0.224 e. The Morgan fingerprint density at radius 1 is 1.20 bits per heavy atom. The summed E-state index contributed by atoms with van der Waals surface area (Å²) in [6, 6.07) is 0. The number of hydrogen-bond donors (Lipinski definition) is 0. The zero-order valence-corrected chi connectivity index (χ0v) is 8.03. The third kappa shape index (κ3) is 7.96. The quantitative estimate of drug-likeness (QED) is 0.544. The van der Waals surface area contributed by atoms with Gasteiger partial charge in [-0.15, -0.1) is 0 Å². The number of carbonyl (C=O) groups excluding carboxylic acids is 1. The number of carbonyl (C=O) groups is 1. The van der Waals surface area contributed by atoms with Gasteiger partial charge in [0.15, 0.2) is 0 Å². The molecular weight excluding hydrogens is 148 g/mol. The second-order valence-electron chi connectivity index (χ2n) is 1.58. The third-order valence-corrected chi connectivity index (χ3v) is 1.21. The summed E-state index contributed by atoms with van der Waals surface area (Å²) in [5.41, 5.74) is 0. The maximum absolute atomic E-state index is 9.97. The molecule has 0 radical (unpaired) electrons. The summed E-state index contributed by atoms with van der Waals surface area (Å²) in [5.74, 6) is 0.228. The van der Waals surface area contributed by atoms with Crippen molar-refractivity contribution in [3.05, 3.63) is 0 Å². The molecule has 1 fully saturated rings. The average Bonchev–Trinajstić information content (AvgIpc) is 2.78. The Hall–Kier alpha value is -0.0400. The van der Waals surface area contributed by atoms with E-state index in [1.807, 2.05) is 27.7 Å². The van der Waals surface area contributed by atoms with Crippen molar-refractivity contribution in [3.8, 4) is 0 Å². The summed E-state index contributed by atoms with van der Waals surface area (Å²) in [6.45, 7) is 8.00. The van der Waals surface area contributed by atoms with Gasteiger partial charge >= 0.3 is 0 Å². The zero-order chi connectivity index (χ0) is 8.57. The van der Waals surface area contributed by atoms with Crippen LogP contribution in [0.15, 0.2) is 0 Å². The predicted octanol–water partition coefficient (Wildman–Crippen LogP) is 3.21. The predicted molar refractivity (Wildman–Crippen MR) is 46.3 cm³/mol. The highest BCUT2D eigenvalue weighted by atomic mass is 35.5. The first-order chi connectivity index (χ1) is 4.80. The van der Waals surface area contributed by atoms with Gasteiger partial charge in [0.05, 0.1) is 0 Å². The molecule has 0 atom stereocenters. The summed E-state index contributed by atoms with van der Waals surface area (Å²) < 4.78 is 0. The molecule has 0 bridgehead atoms. The minimum Gasteiger partial charge on any atom is -0.281 e. The Balaban J connectivity index is 0. The van der Waals surface area contributed by atoms with Gasteiger partial charge in [-0.25, -0.2) is 0 Å². The van der Waals surface area contributed by atoms with Crippen LogP contribution < -0.4 is 0 Å². The molecule has 0 saturated heterocycles. The molecule has 0 heterocycles. The van der Waals surface area contributed by atoms with Crippen LogP contribution in [-0.2, 0) is 4.79 Å². The SMILES string of the molecule is CC.CC.O=C(Cl)C1CC1. The van der Waals surface area contributed by atoms with E-state index < -0.39 is 0 Å². The van der Waals surface area contributed by atoms with E-state index in [2.05, 4.69) is 0 Å². The fraction of sp³-hybridized carbons (Fsp3) is 0.875. The van der Waals surface area contributed by atoms with E-state index in [1.165, 1.54) is 0 Å². The van der Waals surface area contributed by atoms with E-state index in [1.54, 1.807) is 0 Å². The highest BCUT2D eigenvalue weighted by Gasteiger charge is 2.27. The topological polar surface area (TPSA) is 17.1 Å². The van der Waals surface area contributed by atoms with Gasteiger partial charge in [-0.3, -0.25) is 4.79 Å². The molecular formula is C8H17ClO. The normalized spacial score (nSPS) is 13.7. The van der Waals surface area contributed by atoms with Crippen molar-refractivity contribution in [2.45, 2.75) is 40.5 Å². The molecule has 0 unspecified atom stereocenters. The summed E-state index contributed by atoms with van der Waals surface area (Å²) in [4.78, 5) is 9.97. The van der Waals surface area contributed by atoms with Gasteiger partial charge in [0.1, 0.15) is 0 Å². The highest BCUT2D eigenvalue weighted by Crippen LogP contribution is 2.30. The van der Waals surface area contributed by atoms with E-state index in [4.69, 9.17) is 11.6 Å². The molecule has 0 spiro atoms. The van der Waals surface area contributed by atoms with E-state index in [9.17, 15) is 4.79 Å². The van der Waals surface area contributed by atoms with Gasteiger partial charge < -0.3 is 0 Å². The van der Waals surface area contributed by atoms with Gasteiger partial charge in [0.2, 0.25) is 5.24 Å². The van der Waals surface area contributed by atoms with Crippen LogP contribution in [0.25, 0.3) is 0 Å². The molecule has 0 aromatic rings. The molecule has 0 aromatic carbocycles. The van der Waals surface area contributed by atoms with Crippen molar-refractivity contribution in [2.24, 2.45) is 5.92 Å². The first kappa shape index (κ1) is 12.6. The molecule has 1 nitrogen and oxygen atoms in total. The third-order valence-electron chi connectivity index (χ3n) is 0.898. The Kier molecular flexibility index (Phi) is 11.3. The van der Waals surface area contributed by atoms with Gasteiger partial charge in [-0.05, 0) is 24.4 Å². The van der Waals surface area contributed by atoms with Crippen LogP contribution in [0.1, 0.15) is 40.5 Å². The lowest BCUT2D eigenvalue weighted by atomic mass is 10.5. The Morgan fingerprint density at radius 3 is 1.50 bits per heavy atom. The zero-order valence-electron chi connectivity index (χ0n) is 7.28. The van der Waals surface area contributed by atoms with E-state index >= 15 is 0 Å². The number of hydrogen-bond acceptors (Lipinski definition) is 1. The van der Waals surface area contributed by atoms with Crippen LogP contribution >= 0.6 is 11.6 Å². The lowest BCUT2D eigenvalue weighted by Gasteiger charge is -1.72. The monoisotopic (exact) mass is 164 g/mol. The molecule has 2 heteroatoms. The minimum atomic E-state index is -0.157. The first-order valence-electron chi connectivity index (χ1n) is 4.00. The van der Waals surface area contributed by atoms with Gasteiger partial charge in [-0.2, -0.15) is 0 Å². The number of halogens is 1. The molecule has 1 saturated carbocycles. The molecule has 62 valence electrons. The Bertz CT molecular complexity index is 77.3. The molecule has 0 N–H and O–H groups in total. The second-order valence-corrected chi connectivity index (χ2v) is 1.95. The lowest BCUT2D eigenvalue weighted by molar-refractivity contribution is -0.112. The van der Waals surface area contributed by atoms with Crippen molar-refractivity contribution < 1.29 is 4.79 Å². The first-order valence-corrected chi connectivity index (χ1v) is 4.38. The van der Waals surface area contributed by atoms with Gasteiger partial charge in [-0.1, -0.05) is 27.7 Å². The molecule has 0 amide bonds. The van der Waals surface area contributed by atoms with Gasteiger partial charge in [0, 0.05) is 5.92 Å². The van der Waals surface area contributed by atoms with Crippen LogP contribution in [0.4, 0.5) is 0 Å². The maximum atomic E-state index is 9.97.